The Labute approximate surface area is 67.2 Å². The second-order valence-corrected chi connectivity index (χ2v) is 3.05. The molecule has 0 bridgehead atoms. The first kappa shape index (κ1) is 9.52. The van der Waals surface area contributed by atoms with E-state index in [0.29, 0.717) is 0 Å². The third kappa shape index (κ3) is 4.99. The second-order valence-electron chi connectivity index (χ2n) is 2.57. The van der Waals surface area contributed by atoms with Crippen molar-refractivity contribution in [1.82, 2.24) is 0 Å². The Morgan fingerprint density at radius 2 is 2.00 bits per heavy atom. The molecule has 0 aromatic carbocycles. The van der Waals surface area contributed by atoms with Crippen LogP contribution in [0.25, 0.3) is 0 Å². The maximum atomic E-state index is 3.51. The van der Waals surface area contributed by atoms with E-state index in [-0.39, 0.29) is 0 Å². The molecule has 0 rings (SSSR count). The van der Waals surface area contributed by atoms with Crippen LogP contribution in [0.2, 0.25) is 5.32 Å². The quantitative estimate of drug-likeness (QED) is 0.553. The molecule has 55 valence electrons. The van der Waals surface area contributed by atoms with E-state index in [1.54, 1.807) is 0 Å². The minimum absolute atomic E-state index is 0.921. The number of hydrogen-bond acceptors (Lipinski definition) is 0. The number of hydrogen-bond donors (Lipinski definition) is 0. The summed E-state index contributed by atoms with van der Waals surface area (Å²) < 4.78 is 0. The average molecular weight is 168 g/mol. The van der Waals surface area contributed by atoms with Crippen molar-refractivity contribution in [1.29, 1.82) is 0 Å². The first-order valence-corrected chi connectivity index (χ1v) is 4.74. The van der Waals surface area contributed by atoms with Gasteiger partial charge in [-0.3, -0.25) is 0 Å². The van der Waals surface area contributed by atoms with Gasteiger partial charge in [0.2, 0.25) is 0 Å². The van der Waals surface area contributed by atoms with E-state index >= 15 is 0 Å². The zero-order valence-corrected chi connectivity index (χ0v) is 7.67. The first-order valence-electron chi connectivity index (χ1n) is 3.91. The van der Waals surface area contributed by atoms with Gasteiger partial charge in [-0.2, -0.15) is 0 Å². The van der Waals surface area contributed by atoms with Crippen molar-refractivity contribution in [2.75, 3.05) is 0 Å². The third-order valence-electron chi connectivity index (χ3n) is 1.76. The molecule has 1 unspecified atom stereocenters. The van der Waals surface area contributed by atoms with Crippen LogP contribution in [-0.4, -0.2) is 0 Å². The molecule has 0 radical (unpaired) electrons. The molecule has 0 saturated carbocycles. The van der Waals surface area contributed by atoms with Gasteiger partial charge < -0.3 is 0 Å². The number of unbranched alkanes of at least 4 members (excludes halogenated alkanes) is 1. The second kappa shape index (κ2) is 6.64. The zero-order chi connectivity index (χ0) is 7.11. The molecule has 0 spiro atoms. The van der Waals surface area contributed by atoms with Crippen molar-refractivity contribution in [2.24, 2.45) is 5.92 Å². The summed E-state index contributed by atoms with van der Waals surface area (Å²) in [5, 5.41) is 1.18. The van der Waals surface area contributed by atoms with Gasteiger partial charge in [-0.25, -0.2) is 0 Å². The van der Waals surface area contributed by atoms with Crippen LogP contribution < -0.4 is 0 Å². The molecule has 0 aliphatic rings. The van der Waals surface area contributed by atoms with Gasteiger partial charge in [-0.1, -0.05) is 0 Å². The molecule has 0 N–H and O–H groups in total. The Morgan fingerprint density at radius 3 is 2.33 bits per heavy atom. The molecule has 0 aliphatic heterocycles. The summed E-state index contributed by atoms with van der Waals surface area (Å²) in [6.07, 6.45) is 5.46. The van der Waals surface area contributed by atoms with Gasteiger partial charge in [0.1, 0.15) is 0 Å². The van der Waals surface area contributed by atoms with Gasteiger partial charge in [0.25, 0.3) is 0 Å². The predicted molar refractivity (Wildman–Crippen MR) is 38.1 cm³/mol. The van der Waals surface area contributed by atoms with Crippen LogP contribution >= 0.6 is 0 Å². The van der Waals surface area contributed by atoms with E-state index in [0.717, 1.165) is 5.92 Å². The van der Waals surface area contributed by atoms with Crippen molar-refractivity contribution in [3.05, 3.63) is 0 Å². The maximum absolute atomic E-state index is 3.51. The summed E-state index contributed by atoms with van der Waals surface area (Å²) >= 11 is 3.51. The molecule has 0 saturated heterocycles. The standard InChI is InChI=1S/C8H17.Mn/c1-4-6-7-8(3)5-2;/h8H,3-7H2,1-2H3;/q;+1. The Balaban J connectivity index is 3.09. The van der Waals surface area contributed by atoms with Crippen LogP contribution in [0.5, 0.6) is 0 Å². The Kier molecular flexibility index (Phi) is 7.02. The molecule has 0 nitrogen and oxygen atoms in total. The molecule has 0 fully saturated rings. The summed E-state index contributed by atoms with van der Waals surface area (Å²) in [7, 11) is 0. The molecule has 0 aromatic heterocycles. The molecular formula is C8H17Mn+. The van der Waals surface area contributed by atoms with E-state index in [4.69, 9.17) is 0 Å². The van der Waals surface area contributed by atoms with Crippen molar-refractivity contribution in [3.63, 3.8) is 0 Å². The molecule has 0 aliphatic carbocycles. The van der Waals surface area contributed by atoms with Crippen LogP contribution in [0.4, 0.5) is 0 Å². The Hall–Kier alpha value is 0.519. The van der Waals surface area contributed by atoms with E-state index in [2.05, 4.69) is 29.9 Å². The summed E-state index contributed by atoms with van der Waals surface area (Å²) in [5.41, 5.74) is 0. The van der Waals surface area contributed by atoms with Crippen molar-refractivity contribution in [3.8, 4) is 0 Å². The fourth-order valence-corrected chi connectivity index (χ4v) is 1.46. The zero-order valence-electron chi connectivity index (χ0n) is 6.49. The van der Waals surface area contributed by atoms with Crippen LogP contribution in [0.1, 0.15) is 39.5 Å². The molecular weight excluding hydrogens is 151 g/mol. The third-order valence-corrected chi connectivity index (χ3v) is 2.44. The molecule has 9 heavy (non-hydrogen) atoms. The monoisotopic (exact) mass is 168 g/mol. The van der Waals surface area contributed by atoms with Crippen LogP contribution in [0.15, 0.2) is 0 Å². The molecule has 0 heterocycles. The van der Waals surface area contributed by atoms with Gasteiger partial charge in [0.05, 0.1) is 0 Å². The summed E-state index contributed by atoms with van der Waals surface area (Å²) in [6, 6.07) is 0. The average Bonchev–Trinajstić information content (AvgIpc) is 1.91. The van der Waals surface area contributed by atoms with Crippen molar-refractivity contribution < 1.29 is 16.0 Å². The molecule has 0 aromatic rings. The fraction of sp³-hybridized carbons (Fsp3) is 1.00. The SMILES string of the molecule is CCCCC(CC)[CH2][Mn+]. The Bertz CT molecular complexity index is 48.5. The predicted octanol–water partition coefficient (Wildman–Crippen LogP) is 3.17. The van der Waals surface area contributed by atoms with Gasteiger partial charge >= 0.3 is 66.8 Å². The summed E-state index contributed by atoms with van der Waals surface area (Å²) in [4.78, 5) is 0. The van der Waals surface area contributed by atoms with Crippen LogP contribution in [0.3, 0.4) is 0 Å². The molecule has 1 atom stereocenters. The summed E-state index contributed by atoms with van der Waals surface area (Å²) in [6.45, 7) is 4.52. The minimum atomic E-state index is 0.921. The van der Waals surface area contributed by atoms with Crippen molar-refractivity contribution >= 4 is 0 Å². The van der Waals surface area contributed by atoms with Crippen LogP contribution in [-0.2, 0) is 16.0 Å². The van der Waals surface area contributed by atoms with E-state index in [1.807, 2.05) is 0 Å². The van der Waals surface area contributed by atoms with E-state index in [1.165, 1.54) is 31.0 Å². The fourth-order valence-electron chi connectivity index (χ4n) is 0.883. The van der Waals surface area contributed by atoms with Gasteiger partial charge in [0, 0.05) is 0 Å². The van der Waals surface area contributed by atoms with Crippen LogP contribution in [0, 0.1) is 5.92 Å². The van der Waals surface area contributed by atoms with Crippen molar-refractivity contribution in [2.45, 2.75) is 44.9 Å². The van der Waals surface area contributed by atoms with E-state index in [9.17, 15) is 0 Å². The topological polar surface area (TPSA) is 0 Å². The van der Waals surface area contributed by atoms with Gasteiger partial charge in [0.15, 0.2) is 0 Å². The Morgan fingerprint density at radius 1 is 1.33 bits per heavy atom. The van der Waals surface area contributed by atoms with Gasteiger partial charge in [-0.05, 0) is 0 Å². The summed E-state index contributed by atoms with van der Waals surface area (Å²) in [5.74, 6) is 0.921. The van der Waals surface area contributed by atoms with E-state index < -0.39 is 0 Å². The normalized spacial score (nSPS) is 13.6. The van der Waals surface area contributed by atoms with Gasteiger partial charge in [-0.15, -0.1) is 0 Å². The first-order chi connectivity index (χ1) is 4.35. The number of rotatable bonds is 5. The molecule has 1 heteroatoms. The molecule has 0 amide bonds.